The average molecular weight is 576 g/mol. The van der Waals surface area contributed by atoms with Gasteiger partial charge >= 0.3 is 10.2 Å². The number of nitrogen functional groups attached to an aromatic ring is 2. The van der Waals surface area contributed by atoms with Crippen LogP contribution in [0.4, 0.5) is 15.7 Å². The van der Waals surface area contributed by atoms with Crippen LogP contribution in [0.5, 0.6) is 5.75 Å². The molecule has 9 nitrogen and oxygen atoms in total. The third-order valence-electron chi connectivity index (χ3n) is 5.36. The molecule has 0 saturated heterocycles. The summed E-state index contributed by atoms with van der Waals surface area (Å²) in [5.41, 5.74) is 14.4. The summed E-state index contributed by atoms with van der Waals surface area (Å²) in [6.07, 6.45) is 0. The lowest BCUT2D eigenvalue weighted by Crippen LogP contribution is -2.22. The summed E-state index contributed by atoms with van der Waals surface area (Å²) in [6.45, 7) is 0.160. The van der Waals surface area contributed by atoms with Crippen LogP contribution < -0.4 is 21.5 Å². The molecule has 1 heterocycles. The van der Waals surface area contributed by atoms with Gasteiger partial charge in [-0.05, 0) is 59.7 Å². The molecule has 13 heteroatoms. The van der Waals surface area contributed by atoms with Gasteiger partial charge in [-0.1, -0.05) is 41.4 Å². The summed E-state index contributed by atoms with van der Waals surface area (Å²) in [4.78, 5) is 20.2. The maximum Gasteiger partial charge on any atom is 0.332 e. The number of amides is 1. The van der Waals surface area contributed by atoms with E-state index in [4.69, 9.17) is 39.4 Å². The minimum atomic E-state index is -4.84. The lowest BCUT2D eigenvalue weighted by atomic mass is 10.0. The second-order valence-electron chi connectivity index (χ2n) is 8.00. The number of ether oxygens (including phenoxy) is 1. The summed E-state index contributed by atoms with van der Waals surface area (Å²) in [6, 6.07) is 16.5. The van der Waals surface area contributed by atoms with Crippen LogP contribution in [0.25, 0.3) is 11.1 Å². The summed E-state index contributed by atoms with van der Waals surface area (Å²) in [7, 11) is -4.84. The molecule has 0 aliphatic rings. The molecule has 4 rings (SSSR count). The molecule has 0 unspecified atom stereocenters. The highest BCUT2D eigenvalue weighted by atomic mass is 35.5. The molecule has 0 bridgehead atoms. The maximum atomic E-state index is 13.0. The van der Waals surface area contributed by atoms with Crippen molar-refractivity contribution >= 4 is 51.1 Å². The molecule has 4 aromatic rings. The van der Waals surface area contributed by atoms with Gasteiger partial charge in [-0.3, -0.25) is 4.79 Å². The number of carbonyl (C=O) groups excluding carboxylic acids is 1. The zero-order valence-electron chi connectivity index (χ0n) is 19.5. The van der Waals surface area contributed by atoms with Crippen molar-refractivity contribution in [1.29, 1.82) is 0 Å². The van der Waals surface area contributed by atoms with Crippen LogP contribution in [0.15, 0.2) is 71.6 Å². The Morgan fingerprint density at radius 1 is 0.974 bits per heavy atom. The van der Waals surface area contributed by atoms with Crippen molar-refractivity contribution < 1.29 is 21.8 Å². The topological polar surface area (TPSA) is 150 Å². The number of nitrogens with one attached hydrogen (secondary N) is 1. The smallest absolute Gasteiger partial charge is 0.332 e. The Balaban J connectivity index is 1.46. The van der Waals surface area contributed by atoms with Crippen LogP contribution in [-0.4, -0.2) is 24.3 Å². The van der Waals surface area contributed by atoms with Crippen molar-refractivity contribution in [3.8, 4) is 16.9 Å². The minimum absolute atomic E-state index is 0.00609. The van der Waals surface area contributed by atoms with Gasteiger partial charge in [0.25, 0.3) is 5.91 Å². The molecule has 1 amide bonds. The molecule has 0 radical (unpaired) electrons. The Hall–Kier alpha value is -3.93. The molecule has 196 valence electrons. The second-order valence-corrected chi connectivity index (χ2v) is 10.2. The van der Waals surface area contributed by atoms with Gasteiger partial charge in [0.15, 0.2) is 0 Å². The Kier molecular flexibility index (Phi) is 8.00. The van der Waals surface area contributed by atoms with Gasteiger partial charge in [-0.25, -0.2) is 4.98 Å². The average Bonchev–Trinajstić information content (AvgIpc) is 2.87. The monoisotopic (exact) mass is 575 g/mol. The normalized spacial score (nSPS) is 11.2. The van der Waals surface area contributed by atoms with E-state index >= 15 is 0 Å². The Morgan fingerprint density at radius 2 is 1.71 bits per heavy atom. The number of benzene rings is 3. The highest BCUT2D eigenvalue weighted by Crippen LogP contribution is 2.33. The number of rotatable bonds is 8. The number of hydrogen-bond donors (Lipinski definition) is 3. The Labute approximate surface area is 227 Å². The second kappa shape index (κ2) is 11.2. The van der Waals surface area contributed by atoms with E-state index in [2.05, 4.69) is 15.3 Å². The molecule has 0 aliphatic heterocycles. The van der Waals surface area contributed by atoms with Crippen LogP contribution >= 0.6 is 23.2 Å². The van der Waals surface area contributed by atoms with Gasteiger partial charge in [0.2, 0.25) is 5.95 Å². The lowest BCUT2D eigenvalue weighted by Gasteiger charge is -2.14. The number of nitrogens with two attached hydrogens (primary N) is 2. The summed E-state index contributed by atoms with van der Waals surface area (Å²) in [5.74, 6) is 0.170. The van der Waals surface area contributed by atoms with E-state index in [1.165, 1.54) is 12.1 Å². The van der Waals surface area contributed by atoms with E-state index in [-0.39, 0.29) is 30.5 Å². The number of aromatic nitrogens is 2. The predicted molar refractivity (Wildman–Crippen MR) is 143 cm³/mol. The maximum absolute atomic E-state index is 13.0. The SMILES string of the molecule is Nc1nc(N)c(-c2ccc(Cl)c(Cl)c2)c(COc2cccc(CNC(=O)c3ccc(S(=O)(=O)F)cc3)c2)n1. The number of halogens is 3. The van der Waals surface area contributed by atoms with Gasteiger partial charge in [-0.15, -0.1) is 3.89 Å². The fraction of sp³-hybridized carbons (Fsp3) is 0.0800. The van der Waals surface area contributed by atoms with Gasteiger partial charge < -0.3 is 21.5 Å². The molecule has 1 aromatic heterocycles. The molecular formula is C25H20Cl2FN5O4S. The quantitative estimate of drug-likeness (QED) is 0.254. The summed E-state index contributed by atoms with van der Waals surface area (Å²) in [5, 5.41) is 3.44. The van der Waals surface area contributed by atoms with E-state index in [9.17, 15) is 17.1 Å². The Morgan fingerprint density at radius 3 is 2.39 bits per heavy atom. The summed E-state index contributed by atoms with van der Waals surface area (Å²) >= 11 is 12.2. The van der Waals surface area contributed by atoms with Crippen molar-refractivity contribution in [2.75, 3.05) is 11.5 Å². The number of hydrogen-bond acceptors (Lipinski definition) is 8. The molecule has 5 N–H and O–H groups in total. The van der Waals surface area contributed by atoms with Crippen molar-refractivity contribution in [3.63, 3.8) is 0 Å². The van der Waals surface area contributed by atoms with Crippen LogP contribution in [-0.2, 0) is 23.4 Å². The molecule has 0 fully saturated rings. The highest BCUT2D eigenvalue weighted by Gasteiger charge is 2.16. The van der Waals surface area contributed by atoms with Gasteiger partial charge in [-0.2, -0.15) is 13.4 Å². The van der Waals surface area contributed by atoms with Gasteiger partial charge in [0.1, 0.15) is 18.2 Å². The van der Waals surface area contributed by atoms with Crippen molar-refractivity contribution in [3.05, 3.63) is 93.6 Å². The van der Waals surface area contributed by atoms with E-state index in [1.807, 2.05) is 0 Å². The van der Waals surface area contributed by atoms with Crippen LogP contribution in [0.2, 0.25) is 10.0 Å². The lowest BCUT2D eigenvalue weighted by molar-refractivity contribution is 0.0950. The van der Waals surface area contributed by atoms with E-state index in [0.29, 0.717) is 32.6 Å². The first-order valence-electron chi connectivity index (χ1n) is 10.9. The molecule has 0 atom stereocenters. The third-order valence-corrected chi connectivity index (χ3v) is 6.94. The van der Waals surface area contributed by atoms with Crippen LogP contribution in [0, 0.1) is 0 Å². The molecular weight excluding hydrogens is 556 g/mol. The first-order chi connectivity index (χ1) is 18.0. The Bertz CT molecular complexity index is 1620. The number of carbonyl (C=O) groups is 1. The number of anilines is 2. The molecule has 0 spiro atoms. The van der Waals surface area contributed by atoms with Crippen LogP contribution in [0.3, 0.4) is 0 Å². The third kappa shape index (κ3) is 6.49. The molecule has 0 saturated carbocycles. The highest BCUT2D eigenvalue weighted by molar-refractivity contribution is 7.86. The largest absolute Gasteiger partial charge is 0.487 e. The number of nitrogens with zero attached hydrogens (tertiary/aromatic N) is 2. The summed E-state index contributed by atoms with van der Waals surface area (Å²) < 4.78 is 40.9. The zero-order valence-corrected chi connectivity index (χ0v) is 21.8. The zero-order chi connectivity index (χ0) is 27.4. The van der Waals surface area contributed by atoms with Gasteiger partial charge in [0, 0.05) is 17.7 Å². The van der Waals surface area contributed by atoms with Gasteiger partial charge in [0.05, 0.1) is 20.6 Å². The molecule has 3 aromatic carbocycles. The van der Waals surface area contributed by atoms with Crippen molar-refractivity contribution in [2.24, 2.45) is 0 Å². The molecule has 0 aliphatic carbocycles. The standard InChI is InChI=1S/C25H20Cl2FN5O4S/c26-19-9-6-16(11-20(19)27)22-21(32-25(30)33-23(22)29)13-37-17-3-1-2-14(10-17)12-31-24(34)15-4-7-18(8-5-15)38(28,35)36/h1-11H,12-13H2,(H,31,34)(H4,29,30,32,33). The van der Waals surface area contributed by atoms with E-state index in [1.54, 1.807) is 42.5 Å². The van der Waals surface area contributed by atoms with Crippen LogP contribution in [0.1, 0.15) is 21.6 Å². The van der Waals surface area contributed by atoms with E-state index in [0.717, 1.165) is 17.7 Å². The molecule has 38 heavy (non-hydrogen) atoms. The fourth-order valence-electron chi connectivity index (χ4n) is 3.57. The fourth-order valence-corrected chi connectivity index (χ4v) is 4.33. The first kappa shape index (κ1) is 27.1. The predicted octanol–water partition coefficient (Wildman–Crippen LogP) is 4.78. The van der Waals surface area contributed by atoms with Crippen molar-refractivity contribution in [2.45, 2.75) is 18.0 Å². The minimum Gasteiger partial charge on any atom is -0.487 e. The van der Waals surface area contributed by atoms with E-state index < -0.39 is 21.0 Å². The van der Waals surface area contributed by atoms with Crippen molar-refractivity contribution in [1.82, 2.24) is 15.3 Å². The first-order valence-corrected chi connectivity index (χ1v) is 13.1.